The average molecular weight is 357 g/mol. The minimum atomic E-state index is -0.142. The lowest BCUT2D eigenvalue weighted by Gasteiger charge is -2.11. The number of hydrogen-bond acceptors (Lipinski definition) is 5. The van der Waals surface area contributed by atoms with Gasteiger partial charge in [0.05, 0.1) is 5.52 Å². The Morgan fingerprint density at radius 2 is 1.78 bits per heavy atom. The lowest BCUT2D eigenvalue weighted by molar-refractivity contribution is 0.103. The van der Waals surface area contributed by atoms with Crippen molar-refractivity contribution in [1.29, 1.82) is 0 Å². The van der Waals surface area contributed by atoms with E-state index in [1.165, 1.54) is 0 Å². The van der Waals surface area contributed by atoms with Crippen LogP contribution in [0.1, 0.15) is 16.1 Å². The number of anilines is 2. The highest BCUT2D eigenvalue weighted by atomic mass is 16.7. The molecule has 1 aliphatic heterocycles. The van der Waals surface area contributed by atoms with Crippen molar-refractivity contribution in [2.75, 3.05) is 12.1 Å². The Morgan fingerprint density at radius 1 is 0.963 bits per heavy atom. The first-order valence-electron chi connectivity index (χ1n) is 8.53. The van der Waals surface area contributed by atoms with Crippen LogP contribution in [0.4, 0.5) is 11.4 Å². The zero-order valence-corrected chi connectivity index (χ0v) is 14.2. The van der Waals surface area contributed by atoms with Crippen molar-refractivity contribution in [2.45, 2.75) is 0 Å². The molecule has 0 aliphatic carbocycles. The van der Waals surface area contributed by atoms with E-state index in [4.69, 9.17) is 9.47 Å². The molecule has 0 unspecified atom stereocenters. The molecule has 5 rings (SSSR count). The number of benzene rings is 3. The van der Waals surface area contributed by atoms with Crippen LogP contribution in [0.3, 0.4) is 0 Å². The van der Waals surface area contributed by atoms with Gasteiger partial charge in [-0.1, -0.05) is 30.3 Å². The second-order valence-electron chi connectivity index (χ2n) is 6.19. The fraction of sp³-hybridized carbons (Fsp3) is 0.0476. The van der Waals surface area contributed by atoms with Crippen molar-refractivity contribution in [3.63, 3.8) is 0 Å². The van der Waals surface area contributed by atoms with Gasteiger partial charge in [0.2, 0.25) is 12.6 Å². The molecule has 132 valence electrons. The Hall–Kier alpha value is -3.80. The van der Waals surface area contributed by atoms with Gasteiger partial charge >= 0.3 is 0 Å². The molecule has 1 aliphatic rings. The zero-order valence-electron chi connectivity index (χ0n) is 14.2. The summed E-state index contributed by atoms with van der Waals surface area (Å²) in [6.07, 6.45) is 0. The Kier molecular flexibility index (Phi) is 3.53. The molecular weight excluding hydrogens is 342 g/mol. The van der Waals surface area contributed by atoms with E-state index in [0.717, 1.165) is 16.6 Å². The van der Waals surface area contributed by atoms with Gasteiger partial charge in [-0.25, -0.2) is 0 Å². The first kappa shape index (κ1) is 15.5. The minimum absolute atomic E-state index is 0.142. The van der Waals surface area contributed by atoms with Gasteiger partial charge in [0.1, 0.15) is 5.69 Å². The van der Waals surface area contributed by atoms with Crippen LogP contribution in [0, 0.1) is 0 Å². The number of carbonyl (C=O) groups is 1. The van der Waals surface area contributed by atoms with E-state index in [1.54, 1.807) is 6.07 Å². The fourth-order valence-electron chi connectivity index (χ4n) is 3.18. The van der Waals surface area contributed by atoms with Crippen molar-refractivity contribution in [3.8, 4) is 11.5 Å². The largest absolute Gasteiger partial charge is 0.454 e. The minimum Gasteiger partial charge on any atom is -0.454 e. The van der Waals surface area contributed by atoms with Gasteiger partial charge in [-0.05, 0) is 30.3 Å². The number of rotatable bonds is 4. The standard InChI is InChI=1S/C21H15N3O3/c25-21(20-14-5-1-4-8-17(14)23-24-20)15-6-2-3-7-16(15)22-13-9-10-18-19(11-13)27-12-26-18/h1-11,22H,12H2,(H,23,24). The van der Waals surface area contributed by atoms with E-state index in [1.807, 2.05) is 60.7 Å². The van der Waals surface area contributed by atoms with Gasteiger partial charge < -0.3 is 14.8 Å². The third kappa shape index (κ3) is 2.67. The summed E-state index contributed by atoms with van der Waals surface area (Å²) >= 11 is 0. The summed E-state index contributed by atoms with van der Waals surface area (Å²) in [6, 6.07) is 20.6. The Bertz CT molecular complexity index is 1170. The third-order valence-electron chi connectivity index (χ3n) is 4.51. The van der Waals surface area contributed by atoms with Crippen molar-refractivity contribution >= 4 is 28.1 Å². The van der Waals surface area contributed by atoms with Crippen LogP contribution in [0.2, 0.25) is 0 Å². The van der Waals surface area contributed by atoms with Crippen molar-refractivity contribution in [3.05, 3.63) is 78.0 Å². The predicted octanol–water partition coefficient (Wildman–Crippen LogP) is 4.27. The van der Waals surface area contributed by atoms with Gasteiger partial charge in [0.25, 0.3) is 0 Å². The second kappa shape index (κ2) is 6.17. The van der Waals surface area contributed by atoms with Crippen molar-refractivity contribution < 1.29 is 14.3 Å². The third-order valence-corrected chi connectivity index (χ3v) is 4.51. The highest BCUT2D eigenvalue weighted by Gasteiger charge is 2.19. The molecule has 0 saturated heterocycles. The number of ether oxygens (including phenoxy) is 2. The molecule has 27 heavy (non-hydrogen) atoms. The fourth-order valence-corrected chi connectivity index (χ4v) is 3.18. The van der Waals surface area contributed by atoms with Gasteiger partial charge in [-0.15, -0.1) is 0 Å². The van der Waals surface area contributed by atoms with Crippen LogP contribution < -0.4 is 14.8 Å². The molecule has 0 atom stereocenters. The highest BCUT2D eigenvalue weighted by molar-refractivity contribution is 6.17. The summed E-state index contributed by atoms with van der Waals surface area (Å²) in [5.41, 5.74) is 3.31. The van der Waals surface area contributed by atoms with Crippen LogP contribution in [0.5, 0.6) is 11.5 Å². The summed E-state index contributed by atoms with van der Waals surface area (Å²) in [4.78, 5) is 13.2. The molecule has 6 nitrogen and oxygen atoms in total. The van der Waals surface area contributed by atoms with Crippen LogP contribution in [-0.4, -0.2) is 22.8 Å². The topological polar surface area (TPSA) is 76.2 Å². The predicted molar refractivity (Wildman–Crippen MR) is 102 cm³/mol. The smallest absolute Gasteiger partial charge is 0.231 e. The molecule has 0 amide bonds. The van der Waals surface area contributed by atoms with Crippen molar-refractivity contribution in [2.24, 2.45) is 0 Å². The summed E-state index contributed by atoms with van der Waals surface area (Å²) in [7, 11) is 0. The Balaban J connectivity index is 1.52. The monoisotopic (exact) mass is 357 g/mol. The number of fused-ring (bicyclic) bond motifs is 2. The number of nitrogens with zero attached hydrogens (tertiary/aromatic N) is 1. The van der Waals surface area contributed by atoms with E-state index < -0.39 is 0 Å². The van der Waals surface area contributed by atoms with Gasteiger partial charge in [0.15, 0.2) is 11.5 Å². The number of para-hydroxylation sites is 2. The molecule has 0 bridgehead atoms. The molecular formula is C21H15N3O3. The highest BCUT2D eigenvalue weighted by Crippen LogP contribution is 2.35. The maximum Gasteiger partial charge on any atom is 0.231 e. The quantitative estimate of drug-likeness (QED) is 0.534. The first-order valence-corrected chi connectivity index (χ1v) is 8.53. The maximum atomic E-state index is 13.2. The SMILES string of the molecule is O=C(c1ccccc1Nc1ccc2c(c1)OCO2)c1n[nH]c2ccccc12. The second-order valence-corrected chi connectivity index (χ2v) is 6.19. The number of nitrogens with one attached hydrogen (secondary N) is 2. The number of aromatic nitrogens is 2. The Morgan fingerprint density at radius 3 is 2.74 bits per heavy atom. The normalized spacial score (nSPS) is 12.3. The van der Waals surface area contributed by atoms with Gasteiger partial charge in [-0.3, -0.25) is 9.89 Å². The zero-order chi connectivity index (χ0) is 18.2. The van der Waals surface area contributed by atoms with Crippen LogP contribution in [0.25, 0.3) is 10.9 Å². The molecule has 2 N–H and O–H groups in total. The van der Waals surface area contributed by atoms with E-state index in [-0.39, 0.29) is 12.6 Å². The number of carbonyl (C=O) groups excluding carboxylic acids is 1. The maximum absolute atomic E-state index is 13.2. The summed E-state index contributed by atoms with van der Waals surface area (Å²) in [6.45, 7) is 0.222. The lowest BCUT2D eigenvalue weighted by atomic mass is 10.0. The summed E-state index contributed by atoms with van der Waals surface area (Å²) < 4.78 is 10.8. The van der Waals surface area contributed by atoms with Crippen LogP contribution in [0.15, 0.2) is 66.7 Å². The number of H-pyrrole nitrogens is 1. The number of ketones is 1. The van der Waals surface area contributed by atoms with Gasteiger partial charge in [0, 0.05) is 28.4 Å². The van der Waals surface area contributed by atoms with Crippen LogP contribution in [-0.2, 0) is 0 Å². The van der Waals surface area contributed by atoms with Crippen molar-refractivity contribution in [1.82, 2.24) is 10.2 Å². The van der Waals surface area contributed by atoms with E-state index >= 15 is 0 Å². The number of hydrogen-bond donors (Lipinski definition) is 2. The van der Waals surface area contributed by atoms with E-state index in [0.29, 0.717) is 28.4 Å². The lowest BCUT2D eigenvalue weighted by Crippen LogP contribution is -2.06. The summed E-state index contributed by atoms with van der Waals surface area (Å²) in [5.74, 6) is 1.26. The molecule has 1 aromatic heterocycles. The van der Waals surface area contributed by atoms with E-state index in [2.05, 4.69) is 15.5 Å². The molecule has 0 radical (unpaired) electrons. The van der Waals surface area contributed by atoms with Crippen LogP contribution >= 0.6 is 0 Å². The molecule has 0 spiro atoms. The molecule has 2 heterocycles. The number of aromatic amines is 1. The molecule has 4 aromatic rings. The molecule has 6 heteroatoms. The van der Waals surface area contributed by atoms with Gasteiger partial charge in [-0.2, -0.15) is 5.10 Å². The first-order chi connectivity index (χ1) is 13.3. The molecule has 0 saturated carbocycles. The Labute approximate surface area is 154 Å². The average Bonchev–Trinajstić information content (AvgIpc) is 3.34. The van der Waals surface area contributed by atoms with E-state index in [9.17, 15) is 4.79 Å². The molecule has 3 aromatic carbocycles. The molecule has 0 fully saturated rings. The summed E-state index contributed by atoms with van der Waals surface area (Å²) in [5, 5.41) is 11.2.